The van der Waals surface area contributed by atoms with Crippen molar-refractivity contribution >= 4 is 41.5 Å². The largest absolute Gasteiger partial charge is 0.477 e. The summed E-state index contributed by atoms with van der Waals surface area (Å²) in [4.78, 5) is 61.7. The topological polar surface area (TPSA) is 144 Å². The first kappa shape index (κ1) is 25.3. The number of aliphatic carboxylic acids is 1. The predicted molar refractivity (Wildman–Crippen MR) is 120 cm³/mol. The Morgan fingerprint density at radius 1 is 1.24 bits per heavy atom. The Morgan fingerprint density at radius 2 is 1.94 bits per heavy atom. The number of thioether (sulfide) groups is 1. The number of nitrogens with zero attached hydrogens (tertiary/aromatic N) is 2. The first-order chi connectivity index (χ1) is 16.2. The average molecular weight is 494 g/mol. The normalized spacial score (nSPS) is 20.2. The molecule has 0 bridgehead atoms. The fourth-order valence-electron chi connectivity index (χ4n) is 3.88. The van der Waals surface area contributed by atoms with E-state index in [0.29, 0.717) is 18.4 Å². The Balaban J connectivity index is 1.68. The minimum atomic E-state index is -1.30. The van der Waals surface area contributed by atoms with Crippen molar-refractivity contribution in [3.8, 4) is 0 Å². The number of carboxylic acid groups (broad SMARTS) is 1. The number of ether oxygens (including phenoxy) is 2. The van der Waals surface area contributed by atoms with Gasteiger partial charge in [-0.2, -0.15) is 0 Å². The highest BCUT2D eigenvalue weighted by molar-refractivity contribution is 8.00. The molecule has 11 nitrogen and oxygen atoms in total. The monoisotopic (exact) mass is 493 g/mol. The van der Waals surface area contributed by atoms with Crippen LogP contribution >= 0.6 is 11.8 Å². The lowest BCUT2D eigenvalue weighted by Gasteiger charge is -2.49. The molecule has 2 N–H and O–H groups in total. The summed E-state index contributed by atoms with van der Waals surface area (Å²) in [7, 11) is 0. The van der Waals surface area contributed by atoms with E-state index in [1.54, 1.807) is 36.0 Å². The van der Waals surface area contributed by atoms with E-state index in [0.717, 1.165) is 4.90 Å². The second kappa shape index (κ2) is 11.2. The molecule has 0 aliphatic carbocycles. The van der Waals surface area contributed by atoms with E-state index in [9.17, 15) is 29.1 Å². The Kier molecular flexibility index (Phi) is 8.37. The summed E-state index contributed by atoms with van der Waals surface area (Å²) in [6.45, 7) is 3.01. The molecule has 0 aromatic carbocycles. The van der Waals surface area contributed by atoms with E-state index in [4.69, 9.17) is 9.47 Å². The molecule has 0 radical (unpaired) electrons. The van der Waals surface area contributed by atoms with Crippen molar-refractivity contribution in [1.82, 2.24) is 14.8 Å². The first-order valence-corrected chi connectivity index (χ1v) is 11.9. The maximum absolute atomic E-state index is 13.1. The van der Waals surface area contributed by atoms with Crippen LogP contribution in [-0.2, 0) is 33.4 Å². The molecule has 3 unspecified atom stereocenters. The molecule has 2 amide bonds. The summed E-state index contributed by atoms with van der Waals surface area (Å²) < 4.78 is 11.6. The van der Waals surface area contributed by atoms with Gasteiger partial charge < -0.3 is 24.5 Å². The van der Waals surface area contributed by atoms with Gasteiger partial charge in [0.15, 0.2) is 0 Å². The van der Waals surface area contributed by atoms with Gasteiger partial charge in [0.2, 0.25) is 5.91 Å². The standard InChI is InChI=1S/C22H27N3O8S/c1-3-32-16(27)8-6-7-15(24-9-4-5-10-24)19(28)23-17-20(29)25-18(22(30)31)14(11-33-13(2)26)12-34-21(17)25/h4-5,9-10,15,17,21H,3,6-8,11-12H2,1-2H3,(H,23,28)(H,30,31). The predicted octanol–water partition coefficient (Wildman–Crippen LogP) is 1.06. The lowest BCUT2D eigenvalue weighted by atomic mass is 10.0. The van der Waals surface area contributed by atoms with Crippen LogP contribution in [0.1, 0.15) is 39.2 Å². The SMILES string of the molecule is CCOC(=O)CCCC(C(=O)NC1C(=O)N2C(C(=O)O)=C(COC(C)=O)CSC12)n1cccc1. The fraction of sp³-hybridized carbons (Fsp3) is 0.500. The summed E-state index contributed by atoms with van der Waals surface area (Å²) in [5.41, 5.74) is 0.114. The second-order valence-corrected chi connectivity index (χ2v) is 8.88. The van der Waals surface area contributed by atoms with Gasteiger partial charge in [-0.3, -0.25) is 24.1 Å². The Morgan fingerprint density at radius 3 is 2.56 bits per heavy atom. The summed E-state index contributed by atoms with van der Waals surface area (Å²) in [6, 6.07) is 2.01. The van der Waals surface area contributed by atoms with Crippen molar-refractivity contribution in [2.75, 3.05) is 19.0 Å². The van der Waals surface area contributed by atoms with Crippen LogP contribution in [0.4, 0.5) is 0 Å². The smallest absolute Gasteiger partial charge is 0.352 e. The molecule has 12 heteroatoms. The Bertz CT molecular complexity index is 990. The minimum absolute atomic E-state index is 0.172. The van der Waals surface area contributed by atoms with E-state index in [1.807, 2.05) is 0 Å². The number of hydrogen-bond donors (Lipinski definition) is 2. The van der Waals surface area contributed by atoms with Gasteiger partial charge >= 0.3 is 17.9 Å². The molecule has 3 heterocycles. The summed E-state index contributed by atoms with van der Waals surface area (Å²) in [6.07, 6.45) is 4.40. The zero-order valence-electron chi connectivity index (χ0n) is 18.9. The zero-order valence-corrected chi connectivity index (χ0v) is 19.7. The number of carbonyl (C=O) groups excluding carboxylic acids is 4. The van der Waals surface area contributed by atoms with E-state index < -0.39 is 41.2 Å². The highest BCUT2D eigenvalue weighted by Gasteiger charge is 2.54. The molecule has 2 aliphatic rings. The maximum atomic E-state index is 13.1. The number of β-lactam (4-membered cyclic amide) rings is 1. The molecule has 0 spiro atoms. The van der Waals surface area contributed by atoms with Crippen molar-refractivity contribution in [2.45, 2.75) is 50.6 Å². The van der Waals surface area contributed by atoms with Gasteiger partial charge in [0.25, 0.3) is 5.91 Å². The molecule has 3 atom stereocenters. The minimum Gasteiger partial charge on any atom is -0.477 e. The number of amides is 2. The van der Waals surface area contributed by atoms with Crippen LogP contribution in [0.25, 0.3) is 0 Å². The quantitative estimate of drug-likeness (QED) is 0.341. The van der Waals surface area contributed by atoms with Crippen LogP contribution in [-0.4, -0.2) is 74.7 Å². The summed E-state index contributed by atoms with van der Waals surface area (Å²) in [5, 5.41) is 11.8. The summed E-state index contributed by atoms with van der Waals surface area (Å²) >= 11 is 1.29. The fourth-order valence-corrected chi connectivity index (χ4v) is 5.20. The van der Waals surface area contributed by atoms with E-state index >= 15 is 0 Å². The van der Waals surface area contributed by atoms with Gasteiger partial charge in [-0.1, -0.05) is 0 Å². The van der Waals surface area contributed by atoms with Crippen LogP contribution in [0.3, 0.4) is 0 Å². The highest BCUT2D eigenvalue weighted by Crippen LogP contribution is 2.40. The van der Waals surface area contributed by atoms with Crippen LogP contribution in [0.5, 0.6) is 0 Å². The summed E-state index contributed by atoms with van der Waals surface area (Å²) in [5.74, 6) is -2.88. The third-order valence-corrected chi connectivity index (χ3v) is 6.79. The molecule has 184 valence electrons. The molecule has 0 saturated carbocycles. The van der Waals surface area contributed by atoms with Gasteiger partial charge in [0.1, 0.15) is 29.8 Å². The number of esters is 2. The Labute approximate surface area is 200 Å². The molecule has 1 aromatic rings. The zero-order chi connectivity index (χ0) is 24.8. The molecular formula is C22H27N3O8S. The van der Waals surface area contributed by atoms with Crippen LogP contribution in [0.15, 0.2) is 35.8 Å². The second-order valence-electron chi connectivity index (χ2n) is 7.78. The van der Waals surface area contributed by atoms with Gasteiger partial charge in [-0.05, 0) is 31.9 Å². The number of carboxylic acids is 1. The number of carbonyl (C=O) groups is 5. The molecule has 2 aliphatic heterocycles. The van der Waals surface area contributed by atoms with Gasteiger partial charge in [0.05, 0.1) is 6.61 Å². The van der Waals surface area contributed by atoms with Crippen LogP contribution in [0.2, 0.25) is 0 Å². The van der Waals surface area contributed by atoms with Crippen LogP contribution in [0, 0.1) is 0 Å². The van der Waals surface area contributed by atoms with Crippen LogP contribution < -0.4 is 5.32 Å². The number of aromatic nitrogens is 1. The van der Waals surface area contributed by atoms with E-state index in [1.165, 1.54) is 18.7 Å². The lowest BCUT2D eigenvalue weighted by Crippen LogP contribution is -2.71. The van der Waals surface area contributed by atoms with Gasteiger partial charge in [-0.15, -0.1) is 11.8 Å². The third kappa shape index (κ3) is 5.61. The third-order valence-electron chi connectivity index (χ3n) is 5.45. The Hall–Kier alpha value is -3.28. The van der Waals surface area contributed by atoms with Gasteiger partial charge in [0, 0.05) is 37.1 Å². The molecule has 3 rings (SSSR count). The number of fused-ring (bicyclic) bond motifs is 1. The van der Waals surface area contributed by atoms with E-state index in [2.05, 4.69) is 5.32 Å². The molecular weight excluding hydrogens is 466 g/mol. The van der Waals surface area contributed by atoms with Crippen molar-refractivity contribution in [2.24, 2.45) is 0 Å². The number of hydrogen-bond acceptors (Lipinski definition) is 8. The highest BCUT2D eigenvalue weighted by atomic mass is 32.2. The molecule has 1 aromatic heterocycles. The molecule has 34 heavy (non-hydrogen) atoms. The number of nitrogens with one attached hydrogen (secondary N) is 1. The van der Waals surface area contributed by atoms with Crippen molar-refractivity contribution in [3.63, 3.8) is 0 Å². The van der Waals surface area contributed by atoms with Crippen molar-refractivity contribution in [3.05, 3.63) is 35.8 Å². The van der Waals surface area contributed by atoms with E-state index in [-0.39, 0.29) is 37.1 Å². The molecule has 1 fully saturated rings. The maximum Gasteiger partial charge on any atom is 0.352 e. The van der Waals surface area contributed by atoms with Gasteiger partial charge in [-0.25, -0.2) is 4.79 Å². The molecule has 1 saturated heterocycles. The first-order valence-electron chi connectivity index (χ1n) is 10.9. The van der Waals surface area contributed by atoms with Crippen molar-refractivity contribution in [1.29, 1.82) is 0 Å². The average Bonchev–Trinajstić information content (AvgIpc) is 3.32. The van der Waals surface area contributed by atoms with Crippen molar-refractivity contribution < 1.29 is 38.6 Å². The number of rotatable bonds is 11. The lowest BCUT2D eigenvalue weighted by molar-refractivity contribution is -0.151.